The number of hydrogen-bond acceptors (Lipinski definition) is 6. The highest BCUT2D eigenvalue weighted by Crippen LogP contribution is 2.24. The Kier molecular flexibility index (Phi) is 4.59. The summed E-state index contributed by atoms with van der Waals surface area (Å²) in [6.07, 6.45) is 1.63. The summed E-state index contributed by atoms with van der Waals surface area (Å²) >= 11 is 1.59. The molecule has 9 heteroatoms. The second-order valence-electron chi connectivity index (χ2n) is 6.16. The molecule has 3 N–H and O–H groups in total. The van der Waals surface area contributed by atoms with E-state index in [4.69, 9.17) is 5.73 Å². The van der Waals surface area contributed by atoms with Gasteiger partial charge in [0.2, 0.25) is 0 Å². The van der Waals surface area contributed by atoms with Crippen molar-refractivity contribution in [2.45, 2.75) is 0 Å². The molecule has 0 bridgehead atoms. The molecule has 1 aliphatic rings. The zero-order valence-corrected chi connectivity index (χ0v) is 15.3. The number of thiophene rings is 1. The van der Waals surface area contributed by atoms with Crippen LogP contribution in [0, 0.1) is 0 Å². The lowest BCUT2D eigenvalue weighted by atomic mass is 10.2. The molecule has 1 aliphatic heterocycles. The number of aromatic nitrogens is 3. The molecule has 0 spiro atoms. The number of primary amides is 1. The molecule has 2 amide bonds. The molecule has 8 nitrogen and oxygen atoms in total. The van der Waals surface area contributed by atoms with Gasteiger partial charge in [-0.3, -0.25) is 14.7 Å². The van der Waals surface area contributed by atoms with Gasteiger partial charge in [0.05, 0.1) is 16.1 Å². The minimum absolute atomic E-state index is 0.107. The number of nitrogens with two attached hydrogens (primary N) is 1. The highest BCUT2D eigenvalue weighted by atomic mass is 32.1. The molecule has 0 unspecified atom stereocenters. The Labute approximate surface area is 159 Å². The van der Waals surface area contributed by atoms with E-state index < -0.39 is 5.91 Å². The van der Waals surface area contributed by atoms with Crippen molar-refractivity contribution in [3.8, 4) is 10.6 Å². The summed E-state index contributed by atoms with van der Waals surface area (Å²) in [6, 6.07) is 9.07. The number of hydrogen-bond donors (Lipinski definition) is 2. The SMILES string of the molecule is NC(=O)c1cccnc1N1CCN(C(=O)c2cc(-c3cccs3)[nH]n2)CC1. The van der Waals surface area contributed by atoms with E-state index in [0.717, 1.165) is 10.6 Å². The maximum absolute atomic E-state index is 12.7. The zero-order chi connectivity index (χ0) is 18.8. The summed E-state index contributed by atoms with van der Waals surface area (Å²) in [6.45, 7) is 2.19. The van der Waals surface area contributed by atoms with Crippen molar-refractivity contribution in [2.75, 3.05) is 31.1 Å². The van der Waals surface area contributed by atoms with Crippen LogP contribution >= 0.6 is 11.3 Å². The summed E-state index contributed by atoms with van der Waals surface area (Å²) in [7, 11) is 0. The molecule has 4 heterocycles. The summed E-state index contributed by atoms with van der Waals surface area (Å²) in [5.74, 6) is -0.0454. The number of carbonyl (C=O) groups excluding carboxylic acids is 2. The molecule has 3 aromatic rings. The van der Waals surface area contributed by atoms with E-state index in [1.807, 2.05) is 22.4 Å². The van der Waals surface area contributed by atoms with Crippen LogP contribution in [-0.2, 0) is 0 Å². The number of rotatable bonds is 4. The fraction of sp³-hybridized carbons (Fsp3) is 0.222. The van der Waals surface area contributed by atoms with Crippen molar-refractivity contribution in [1.82, 2.24) is 20.1 Å². The summed E-state index contributed by atoms with van der Waals surface area (Å²) in [5, 5.41) is 9.07. The van der Waals surface area contributed by atoms with Crippen LogP contribution in [0.25, 0.3) is 10.6 Å². The van der Waals surface area contributed by atoms with Crippen molar-refractivity contribution >= 4 is 29.0 Å². The minimum Gasteiger partial charge on any atom is -0.365 e. The monoisotopic (exact) mass is 382 g/mol. The number of amides is 2. The molecule has 0 atom stereocenters. The fourth-order valence-corrected chi connectivity index (χ4v) is 3.81. The first-order chi connectivity index (χ1) is 13.1. The number of H-pyrrole nitrogens is 1. The van der Waals surface area contributed by atoms with E-state index in [0.29, 0.717) is 43.3 Å². The Morgan fingerprint density at radius 2 is 1.96 bits per heavy atom. The number of nitrogens with one attached hydrogen (secondary N) is 1. The summed E-state index contributed by atoms with van der Waals surface area (Å²) < 4.78 is 0. The van der Waals surface area contributed by atoms with E-state index in [-0.39, 0.29) is 5.91 Å². The first-order valence-electron chi connectivity index (χ1n) is 8.52. The van der Waals surface area contributed by atoms with Crippen LogP contribution in [-0.4, -0.2) is 58.1 Å². The quantitative estimate of drug-likeness (QED) is 0.712. The molecule has 0 aliphatic carbocycles. The maximum Gasteiger partial charge on any atom is 0.274 e. The molecule has 1 saturated heterocycles. The smallest absolute Gasteiger partial charge is 0.274 e. The predicted octanol–water partition coefficient (Wildman–Crippen LogP) is 1.59. The number of piperazine rings is 1. The van der Waals surface area contributed by atoms with Gasteiger partial charge in [-0.1, -0.05) is 6.07 Å². The number of carbonyl (C=O) groups is 2. The first-order valence-corrected chi connectivity index (χ1v) is 9.40. The van der Waals surface area contributed by atoms with Gasteiger partial charge in [-0.2, -0.15) is 5.10 Å². The van der Waals surface area contributed by atoms with Gasteiger partial charge < -0.3 is 15.5 Å². The van der Waals surface area contributed by atoms with Crippen LogP contribution in [0.4, 0.5) is 5.82 Å². The Balaban J connectivity index is 1.44. The van der Waals surface area contributed by atoms with Crippen LogP contribution in [0.15, 0.2) is 41.9 Å². The van der Waals surface area contributed by atoms with Gasteiger partial charge >= 0.3 is 0 Å². The largest absolute Gasteiger partial charge is 0.365 e. The fourth-order valence-electron chi connectivity index (χ4n) is 3.11. The molecule has 4 rings (SSSR count). The molecule has 1 fully saturated rings. The van der Waals surface area contributed by atoms with Gasteiger partial charge in [-0.15, -0.1) is 11.3 Å². The van der Waals surface area contributed by atoms with Crippen LogP contribution in [0.2, 0.25) is 0 Å². The Morgan fingerprint density at radius 1 is 1.15 bits per heavy atom. The molecule has 0 aromatic carbocycles. The number of aromatic amines is 1. The molecule has 0 saturated carbocycles. The van der Waals surface area contributed by atoms with Gasteiger partial charge in [-0.25, -0.2) is 4.98 Å². The highest BCUT2D eigenvalue weighted by molar-refractivity contribution is 7.13. The van der Waals surface area contributed by atoms with Crippen molar-refractivity contribution in [3.63, 3.8) is 0 Å². The summed E-state index contributed by atoms with van der Waals surface area (Å²) in [5.41, 5.74) is 7.07. The van der Waals surface area contributed by atoms with Crippen molar-refractivity contribution < 1.29 is 9.59 Å². The lowest BCUT2D eigenvalue weighted by molar-refractivity contribution is 0.0740. The molecule has 0 radical (unpaired) electrons. The van der Waals surface area contributed by atoms with Crippen LogP contribution in [0.3, 0.4) is 0 Å². The van der Waals surface area contributed by atoms with E-state index in [1.165, 1.54) is 0 Å². The van der Waals surface area contributed by atoms with Crippen molar-refractivity contribution in [3.05, 3.63) is 53.2 Å². The standard InChI is InChI=1S/C18H18N6O2S/c19-16(25)12-3-1-5-20-17(12)23-6-8-24(9-7-23)18(26)14-11-13(21-22-14)15-4-2-10-27-15/h1-5,10-11H,6-9H2,(H2,19,25)(H,21,22). The average molecular weight is 382 g/mol. The minimum atomic E-state index is -0.505. The predicted molar refractivity (Wildman–Crippen MR) is 103 cm³/mol. The molecule has 138 valence electrons. The van der Waals surface area contributed by atoms with E-state index in [2.05, 4.69) is 15.2 Å². The Morgan fingerprint density at radius 3 is 2.67 bits per heavy atom. The number of pyridine rings is 1. The lowest BCUT2D eigenvalue weighted by Crippen LogP contribution is -2.49. The maximum atomic E-state index is 12.7. The van der Waals surface area contributed by atoms with E-state index >= 15 is 0 Å². The molecule has 27 heavy (non-hydrogen) atoms. The van der Waals surface area contributed by atoms with Crippen LogP contribution in [0.5, 0.6) is 0 Å². The molecular formula is C18H18N6O2S. The van der Waals surface area contributed by atoms with Crippen LogP contribution in [0.1, 0.15) is 20.8 Å². The average Bonchev–Trinajstić information content (AvgIpc) is 3.39. The normalized spacial score (nSPS) is 14.4. The first kappa shape index (κ1) is 17.2. The van der Waals surface area contributed by atoms with Crippen molar-refractivity contribution in [1.29, 1.82) is 0 Å². The second-order valence-corrected chi connectivity index (χ2v) is 7.11. The third-order valence-corrected chi connectivity index (χ3v) is 5.41. The number of nitrogens with zero attached hydrogens (tertiary/aromatic N) is 4. The van der Waals surface area contributed by atoms with E-state index in [1.54, 1.807) is 40.6 Å². The van der Waals surface area contributed by atoms with E-state index in [9.17, 15) is 9.59 Å². The van der Waals surface area contributed by atoms with Gasteiger partial charge in [0.15, 0.2) is 5.69 Å². The third kappa shape index (κ3) is 3.41. The topological polar surface area (TPSA) is 108 Å². The Bertz CT molecular complexity index is 960. The van der Waals surface area contributed by atoms with Gasteiger partial charge in [0.1, 0.15) is 5.82 Å². The highest BCUT2D eigenvalue weighted by Gasteiger charge is 2.26. The zero-order valence-electron chi connectivity index (χ0n) is 14.5. The van der Waals surface area contributed by atoms with Gasteiger partial charge in [0, 0.05) is 32.4 Å². The second kappa shape index (κ2) is 7.20. The number of anilines is 1. The van der Waals surface area contributed by atoms with Crippen LogP contribution < -0.4 is 10.6 Å². The summed E-state index contributed by atoms with van der Waals surface area (Å²) in [4.78, 5) is 33.4. The van der Waals surface area contributed by atoms with Gasteiger partial charge in [-0.05, 0) is 29.6 Å². The lowest BCUT2D eigenvalue weighted by Gasteiger charge is -2.35. The van der Waals surface area contributed by atoms with Crippen molar-refractivity contribution in [2.24, 2.45) is 5.73 Å². The molecule has 3 aromatic heterocycles. The third-order valence-electron chi connectivity index (χ3n) is 4.50. The van der Waals surface area contributed by atoms with Gasteiger partial charge in [0.25, 0.3) is 11.8 Å². The molecular weight excluding hydrogens is 364 g/mol. The Hall–Kier alpha value is -3.20.